The van der Waals surface area contributed by atoms with Crippen LogP contribution in [0.25, 0.3) is 11.3 Å². The van der Waals surface area contributed by atoms with Gasteiger partial charge in [-0.2, -0.15) is 0 Å². The zero-order valence-electron chi connectivity index (χ0n) is 12.0. The zero-order valence-corrected chi connectivity index (χ0v) is 12.0. The van der Waals surface area contributed by atoms with Crippen molar-refractivity contribution < 1.29 is 4.39 Å². The first-order chi connectivity index (χ1) is 9.58. The Hall–Kier alpha value is -1.97. The fourth-order valence-electron chi connectivity index (χ4n) is 2.46. The van der Waals surface area contributed by atoms with Gasteiger partial charge in [-0.3, -0.25) is 0 Å². The Morgan fingerprint density at radius 2 is 1.90 bits per heavy atom. The fourth-order valence-corrected chi connectivity index (χ4v) is 2.46. The van der Waals surface area contributed by atoms with Crippen LogP contribution in [0.15, 0.2) is 18.2 Å². The highest BCUT2D eigenvalue weighted by molar-refractivity contribution is 5.68. The average Bonchev–Trinajstić information content (AvgIpc) is 3.22. The topological polar surface area (TPSA) is 37.8 Å². The van der Waals surface area contributed by atoms with Gasteiger partial charge >= 0.3 is 0 Å². The number of hydrogen-bond acceptors (Lipinski definition) is 3. The molecule has 4 heteroatoms. The Kier molecular flexibility index (Phi) is 3.16. The predicted molar refractivity (Wildman–Crippen MR) is 78.4 cm³/mol. The minimum Gasteiger partial charge on any atom is -0.373 e. The molecule has 0 radical (unpaired) electrons. The van der Waals surface area contributed by atoms with E-state index in [4.69, 9.17) is 0 Å². The minimum absolute atomic E-state index is 0.225. The van der Waals surface area contributed by atoms with Gasteiger partial charge in [0.1, 0.15) is 17.5 Å². The second-order valence-corrected chi connectivity index (χ2v) is 5.45. The third-order valence-electron chi connectivity index (χ3n) is 3.66. The molecule has 1 aromatic heterocycles. The quantitative estimate of drug-likeness (QED) is 0.922. The van der Waals surface area contributed by atoms with E-state index in [-0.39, 0.29) is 5.82 Å². The van der Waals surface area contributed by atoms with Crippen LogP contribution in [0.3, 0.4) is 0 Å². The number of aromatic nitrogens is 2. The second-order valence-electron chi connectivity index (χ2n) is 5.45. The molecule has 2 aromatic rings. The number of aryl methyl sites for hydroxylation is 1. The Morgan fingerprint density at radius 3 is 2.50 bits per heavy atom. The molecule has 0 atom stereocenters. The molecule has 1 fully saturated rings. The van der Waals surface area contributed by atoms with Gasteiger partial charge in [0, 0.05) is 24.1 Å². The normalized spacial score (nSPS) is 14.4. The molecule has 0 unspecified atom stereocenters. The van der Waals surface area contributed by atoms with Crippen molar-refractivity contribution in [2.75, 3.05) is 12.4 Å². The van der Waals surface area contributed by atoms with E-state index in [1.807, 2.05) is 27.0 Å². The minimum atomic E-state index is -0.225. The summed E-state index contributed by atoms with van der Waals surface area (Å²) in [6.07, 6.45) is 2.29. The van der Waals surface area contributed by atoms with E-state index in [0.29, 0.717) is 5.92 Å². The molecule has 1 aromatic carbocycles. The highest BCUT2D eigenvalue weighted by atomic mass is 19.1. The zero-order chi connectivity index (χ0) is 14.3. The first-order valence-electron chi connectivity index (χ1n) is 6.92. The van der Waals surface area contributed by atoms with Crippen LogP contribution in [-0.2, 0) is 0 Å². The van der Waals surface area contributed by atoms with Crippen molar-refractivity contribution in [2.24, 2.45) is 0 Å². The second kappa shape index (κ2) is 4.85. The lowest BCUT2D eigenvalue weighted by Crippen LogP contribution is -2.04. The van der Waals surface area contributed by atoms with E-state index in [1.54, 1.807) is 6.07 Å². The molecule has 104 valence electrons. The molecule has 0 amide bonds. The summed E-state index contributed by atoms with van der Waals surface area (Å²) in [6, 6.07) is 5.04. The summed E-state index contributed by atoms with van der Waals surface area (Å²) >= 11 is 0. The molecule has 0 spiro atoms. The predicted octanol–water partition coefficient (Wildman–Crippen LogP) is 3.82. The van der Waals surface area contributed by atoms with Crippen LogP contribution in [0.2, 0.25) is 0 Å². The van der Waals surface area contributed by atoms with Gasteiger partial charge in [0.15, 0.2) is 0 Å². The van der Waals surface area contributed by atoms with Crippen molar-refractivity contribution >= 4 is 5.82 Å². The Bertz CT molecular complexity index is 643. The van der Waals surface area contributed by atoms with Crippen LogP contribution in [0.5, 0.6) is 0 Å². The maximum Gasteiger partial charge on any atom is 0.134 e. The SMILES string of the molecule is CNc1nc(C2CC2)nc(-c2cc(C)cc(F)c2)c1C. The van der Waals surface area contributed by atoms with Crippen molar-refractivity contribution in [3.8, 4) is 11.3 Å². The molecular formula is C16H18FN3. The van der Waals surface area contributed by atoms with Crippen molar-refractivity contribution in [3.05, 3.63) is 41.0 Å². The fraction of sp³-hybridized carbons (Fsp3) is 0.375. The summed E-state index contributed by atoms with van der Waals surface area (Å²) in [7, 11) is 1.85. The van der Waals surface area contributed by atoms with E-state index in [0.717, 1.165) is 46.9 Å². The lowest BCUT2D eigenvalue weighted by atomic mass is 10.0. The van der Waals surface area contributed by atoms with Gasteiger partial charge in [-0.25, -0.2) is 14.4 Å². The highest BCUT2D eigenvalue weighted by Crippen LogP contribution is 2.40. The monoisotopic (exact) mass is 271 g/mol. The van der Waals surface area contributed by atoms with Crippen LogP contribution in [0.4, 0.5) is 10.2 Å². The van der Waals surface area contributed by atoms with Gasteiger partial charge in [-0.05, 0) is 50.5 Å². The molecule has 20 heavy (non-hydrogen) atoms. The average molecular weight is 271 g/mol. The maximum atomic E-state index is 13.6. The number of hydrogen-bond donors (Lipinski definition) is 1. The molecule has 3 nitrogen and oxygen atoms in total. The molecule has 3 rings (SSSR count). The molecule has 1 heterocycles. The summed E-state index contributed by atoms with van der Waals surface area (Å²) in [6.45, 7) is 3.86. The summed E-state index contributed by atoms with van der Waals surface area (Å²) in [5.41, 5.74) is 3.51. The number of nitrogens with one attached hydrogen (secondary N) is 1. The summed E-state index contributed by atoms with van der Waals surface area (Å²) < 4.78 is 13.6. The van der Waals surface area contributed by atoms with Crippen molar-refractivity contribution in [3.63, 3.8) is 0 Å². The third-order valence-corrected chi connectivity index (χ3v) is 3.66. The van der Waals surface area contributed by atoms with Crippen LogP contribution in [0, 0.1) is 19.7 Å². The van der Waals surface area contributed by atoms with E-state index in [1.165, 1.54) is 6.07 Å². The van der Waals surface area contributed by atoms with Crippen molar-refractivity contribution in [1.82, 2.24) is 9.97 Å². The van der Waals surface area contributed by atoms with Crippen molar-refractivity contribution in [1.29, 1.82) is 0 Å². The summed E-state index contributed by atoms with van der Waals surface area (Å²) in [4.78, 5) is 9.25. The van der Waals surface area contributed by atoms with Crippen LogP contribution in [0.1, 0.15) is 35.7 Å². The number of nitrogens with zero attached hydrogens (tertiary/aromatic N) is 2. The van der Waals surface area contributed by atoms with Crippen LogP contribution >= 0.6 is 0 Å². The Balaban J connectivity index is 2.18. The van der Waals surface area contributed by atoms with Gasteiger partial charge in [0.05, 0.1) is 5.69 Å². The van der Waals surface area contributed by atoms with Crippen LogP contribution < -0.4 is 5.32 Å². The molecule has 1 aliphatic carbocycles. The highest BCUT2D eigenvalue weighted by Gasteiger charge is 2.28. The van der Waals surface area contributed by atoms with E-state index in [9.17, 15) is 4.39 Å². The summed E-state index contributed by atoms with van der Waals surface area (Å²) in [5.74, 6) is 1.95. The van der Waals surface area contributed by atoms with E-state index < -0.39 is 0 Å². The molecule has 0 aliphatic heterocycles. The first-order valence-corrected chi connectivity index (χ1v) is 6.92. The molecule has 1 N–H and O–H groups in total. The Labute approximate surface area is 118 Å². The summed E-state index contributed by atoms with van der Waals surface area (Å²) in [5, 5.41) is 3.11. The van der Waals surface area contributed by atoms with Gasteiger partial charge in [-0.1, -0.05) is 0 Å². The number of anilines is 1. The van der Waals surface area contributed by atoms with Gasteiger partial charge in [0.25, 0.3) is 0 Å². The molecular weight excluding hydrogens is 253 g/mol. The number of halogens is 1. The molecule has 1 saturated carbocycles. The lowest BCUT2D eigenvalue weighted by Gasteiger charge is -2.13. The number of rotatable bonds is 3. The standard InChI is InChI=1S/C16H18FN3/c1-9-6-12(8-13(17)7-9)14-10(2)15(18-3)20-16(19-14)11-4-5-11/h6-8,11H,4-5H2,1-3H3,(H,18,19,20). The smallest absolute Gasteiger partial charge is 0.134 e. The van der Waals surface area contributed by atoms with Gasteiger partial charge in [0.2, 0.25) is 0 Å². The van der Waals surface area contributed by atoms with Gasteiger partial charge in [-0.15, -0.1) is 0 Å². The van der Waals surface area contributed by atoms with E-state index >= 15 is 0 Å². The Morgan fingerprint density at radius 1 is 1.15 bits per heavy atom. The lowest BCUT2D eigenvalue weighted by molar-refractivity contribution is 0.627. The molecule has 0 saturated heterocycles. The first kappa shape index (κ1) is 13.0. The van der Waals surface area contributed by atoms with Crippen molar-refractivity contribution in [2.45, 2.75) is 32.6 Å². The van der Waals surface area contributed by atoms with Crippen LogP contribution in [-0.4, -0.2) is 17.0 Å². The number of benzene rings is 1. The largest absolute Gasteiger partial charge is 0.373 e. The molecule has 1 aliphatic rings. The van der Waals surface area contributed by atoms with Gasteiger partial charge < -0.3 is 5.32 Å². The van der Waals surface area contributed by atoms with E-state index in [2.05, 4.69) is 15.3 Å². The maximum absolute atomic E-state index is 13.6. The third kappa shape index (κ3) is 2.38. The molecule has 0 bridgehead atoms.